The van der Waals surface area contributed by atoms with E-state index in [4.69, 9.17) is 9.47 Å². The first-order chi connectivity index (χ1) is 16.3. The Balaban J connectivity index is 1.13. The molecule has 178 valence electrons. The number of ether oxygens (including phenoxy) is 2. The van der Waals surface area contributed by atoms with Crippen LogP contribution in [0.3, 0.4) is 0 Å². The Morgan fingerprint density at radius 3 is 1.52 bits per heavy atom. The molecule has 0 atom stereocenters. The van der Waals surface area contributed by atoms with E-state index in [2.05, 4.69) is 51.2 Å². The molecule has 0 bridgehead atoms. The molecule has 0 aliphatic carbocycles. The monoisotopic (exact) mass is 449 g/mol. The Hall–Kier alpha value is -2.24. The van der Waals surface area contributed by atoms with Crippen molar-refractivity contribution in [3.63, 3.8) is 0 Å². The standard InChI is InChI=1S/C28H39N3O2/c1-3-13-30(14-4-1)17-7-19-32-23-9-11-25-26-12-10-24(22-28(26)29-27(25)21-23)33-20-8-18-31-15-5-2-6-16-31/h9-12,21-22,29H,1-8,13-20H2. The number of hydrogen-bond donors (Lipinski definition) is 1. The summed E-state index contributed by atoms with van der Waals surface area (Å²) in [6, 6.07) is 12.8. The lowest BCUT2D eigenvalue weighted by Crippen LogP contribution is -2.31. The molecule has 5 nitrogen and oxygen atoms in total. The summed E-state index contributed by atoms with van der Waals surface area (Å²) in [6.07, 6.45) is 10.4. The summed E-state index contributed by atoms with van der Waals surface area (Å²) in [6.45, 7) is 8.87. The topological polar surface area (TPSA) is 40.7 Å². The van der Waals surface area contributed by atoms with E-state index in [9.17, 15) is 0 Å². The van der Waals surface area contributed by atoms with Gasteiger partial charge >= 0.3 is 0 Å². The normalized spacial score (nSPS) is 18.2. The van der Waals surface area contributed by atoms with Crippen LogP contribution in [-0.4, -0.2) is 67.3 Å². The van der Waals surface area contributed by atoms with Crippen molar-refractivity contribution in [2.45, 2.75) is 51.4 Å². The van der Waals surface area contributed by atoms with Crippen molar-refractivity contribution in [2.24, 2.45) is 0 Å². The minimum Gasteiger partial charge on any atom is -0.493 e. The van der Waals surface area contributed by atoms with Gasteiger partial charge < -0.3 is 24.3 Å². The van der Waals surface area contributed by atoms with Crippen molar-refractivity contribution in [1.29, 1.82) is 0 Å². The van der Waals surface area contributed by atoms with Gasteiger partial charge in [-0.2, -0.15) is 0 Å². The number of aromatic amines is 1. The molecule has 1 N–H and O–H groups in total. The molecule has 2 saturated heterocycles. The van der Waals surface area contributed by atoms with Crippen LogP contribution < -0.4 is 9.47 Å². The van der Waals surface area contributed by atoms with Crippen molar-refractivity contribution in [1.82, 2.24) is 14.8 Å². The van der Waals surface area contributed by atoms with Crippen LogP contribution in [0.1, 0.15) is 51.4 Å². The molecule has 2 fully saturated rings. The molecule has 1 aromatic heterocycles. The Labute approximate surface area is 198 Å². The third-order valence-corrected chi connectivity index (χ3v) is 7.21. The zero-order chi connectivity index (χ0) is 22.3. The summed E-state index contributed by atoms with van der Waals surface area (Å²) < 4.78 is 12.1. The highest BCUT2D eigenvalue weighted by atomic mass is 16.5. The van der Waals surface area contributed by atoms with Gasteiger partial charge in [0.05, 0.1) is 24.2 Å². The number of piperidine rings is 2. The summed E-state index contributed by atoms with van der Waals surface area (Å²) in [4.78, 5) is 8.71. The summed E-state index contributed by atoms with van der Waals surface area (Å²) in [5.41, 5.74) is 2.25. The maximum atomic E-state index is 6.07. The average molecular weight is 450 g/mol. The number of fused-ring (bicyclic) bond motifs is 3. The quantitative estimate of drug-likeness (QED) is 0.395. The lowest BCUT2D eigenvalue weighted by atomic mass is 10.1. The summed E-state index contributed by atoms with van der Waals surface area (Å²) in [7, 11) is 0. The molecule has 0 saturated carbocycles. The van der Waals surface area contributed by atoms with Gasteiger partial charge in [0.15, 0.2) is 0 Å². The highest BCUT2D eigenvalue weighted by Crippen LogP contribution is 2.30. The number of aromatic nitrogens is 1. The third kappa shape index (κ3) is 6.01. The lowest BCUT2D eigenvalue weighted by Gasteiger charge is -2.26. The van der Waals surface area contributed by atoms with Crippen LogP contribution in [0, 0.1) is 0 Å². The smallest absolute Gasteiger partial charge is 0.121 e. The molecule has 0 spiro atoms. The predicted molar refractivity (Wildman–Crippen MR) is 137 cm³/mol. The first-order valence-corrected chi connectivity index (χ1v) is 13.1. The number of H-pyrrole nitrogens is 1. The van der Waals surface area contributed by atoms with Gasteiger partial charge in [-0.25, -0.2) is 0 Å². The molecule has 5 rings (SSSR count). The van der Waals surface area contributed by atoms with Gasteiger partial charge in [-0.15, -0.1) is 0 Å². The summed E-state index contributed by atoms with van der Waals surface area (Å²) >= 11 is 0. The Bertz CT molecular complexity index is 938. The van der Waals surface area contributed by atoms with E-state index >= 15 is 0 Å². The molecule has 2 aliphatic heterocycles. The Morgan fingerprint density at radius 1 is 0.606 bits per heavy atom. The van der Waals surface area contributed by atoms with Crippen LogP contribution in [-0.2, 0) is 0 Å². The Morgan fingerprint density at radius 2 is 1.06 bits per heavy atom. The van der Waals surface area contributed by atoms with Gasteiger partial charge in [0.2, 0.25) is 0 Å². The second-order valence-electron chi connectivity index (χ2n) is 9.75. The summed E-state index contributed by atoms with van der Waals surface area (Å²) in [5.74, 6) is 1.89. The number of nitrogens with one attached hydrogen (secondary N) is 1. The highest BCUT2D eigenvalue weighted by molar-refractivity contribution is 6.07. The molecule has 0 unspecified atom stereocenters. The van der Waals surface area contributed by atoms with E-state index in [0.29, 0.717) is 0 Å². The van der Waals surface area contributed by atoms with Crippen molar-refractivity contribution in [3.8, 4) is 11.5 Å². The van der Waals surface area contributed by atoms with Crippen LogP contribution in [0.25, 0.3) is 21.8 Å². The van der Waals surface area contributed by atoms with Crippen molar-refractivity contribution >= 4 is 21.8 Å². The molecule has 0 amide bonds. The molecule has 3 aromatic rings. The van der Waals surface area contributed by atoms with E-state index < -0.39 is 0 Å². The van der Waals surface area contributed by atoms with Gasteiger partial charge in [0.25, 0.3) is 0 Å². The van der Waals surface area contributed by atoms with Crippen molar-refractivity contribution in [2.75, 3.05) is 52.5 Å². The van der Waals surface area contributed by atoms with E-state index in [0.717, 1.165) is 61.7 Å². The van der Waals surface area contributed by atoms with E-state index in [-0.39, 0.29) is 0 Å². The zero-order valence-corrected chi connectivity index (χ0v) is 20.0. The fourth-order valence-electron chi connectivity index (χ4n) is 5.37. The highest BCUT2D eigenvalue weighted by Gasteiger charge is 2.11. The van der Waals surface area contributed by atoms with Crippen molar-refractivity contribution in [3.05, 3.63) is 36.4 Å². The first kappa shape index (κ1) is 22.5. The van der Waals surface area contributed by atoms with Crippen LogP contribution in [0.5, 0.6) is 11.5 Å². The molecule has 3 heterocycles. The number of nitrogens with zero attached hydrogens (tertiary/aromatic N) is 2. The van der Waals surface area contributed by atoms with Gasteiger partial charge in [0, 0.05) is 36.0 Å². The SMILES string of the molecule is c1cc2c(cc1OCCCN1CCCCC1)[nH]c1cc(OCCCN3CCCCC3)ccc12. The zero-order valence-electron chi connectivity index (χ0n) is 20.0. The van der Waals surface area contributed by atoms with Gasteiger partial charge in [-0.3, -0.25) is 0 Å². The number of hydrogen-bond acceptors (Lipinski definition) is 4. The number of rotatable bonds is 10. The third-order valence-electron chi connectivity index (χ3n) is 7.21. The Kier molecular flexibility index (Phi) is 7.69. The van der Waals surface area contributed by atoms with E-state index in [1.807, 2.05) is 0 Å². The second-order valence-corrected chi connectivity index (χ2v) is 9.75. The second kappa shape index (κ2) is 11.3. The lowest BCUT2D eigenvalue weighted by molar-refractivity contribution is 0.205. The fourth-order valence-corrected chi connectivity index (χ4v) is 5.37. The number of benzene rings is 2. The van der Waals surface area contributed by atoms with Crippen LogP contribution in [0.15, 0.2) is 36.4 Å². The van der Waals surface area contributed by atoms with Gasteiger partial charge in [-0.05, 0) is 89.0 Å². The van der Waals surface area contributed by atoms with Crippen molar-refractivity contribution < 1.29 is 9.47 Å². The van der Waals surface area contributed by atoms with Crippen LogP contribution in [0.4, 0.5) is 0 Å². The predicted octanol–water partition coefficient (Wildman–Crippen LogP) is 5.83. The molecular weight excluding hydrogens is 410 g/mol. The number of likely N-dealkylation sites (tertiary alicyclic amines) is 2. The maximum absolute atomic E-state index is 6.07. The average Bonchev–Trinajstić information content (AvgIpc) is 3.23. The molecule has 0 radical (unpaired) electrons. The maximum Gasteiger partial charge on any atom is 0.121 e. The van der Waals surface area contributed by atoms with E-state index in [1.165, 1.54) is 75.5 Å². The first-order valence-electron chi connectivity index (χ1n) is 13.1. The molecule has 5 heteroatoms. The largest absolute Gasteiger partial charge is 0.493 e. The van der Waals surface area contributed by atoms with E-state index in [1.54, 1.807) is 0 Å². The molecule has 2 aliphatic rings. The fraction of sp³-hybridized carbons (Fsp3) is 0.571. The van der Waals surface area contributed by atoms with Crippen LogP contribution >= 0.6 is 0 Å². The molecule has 2 aromatic carbocycles. The summed E-state index contributed by atoms with van der Waals surface area (Å²) in [5, 5.41) is 2.48. The minimum absolute atomic E-state index is 0.775. The minimum atomic E-state index is 0.775. The molecule has 33 heavy (non-hydrogen) atoms. The van der Waals surface area contributed by atoms with Gasteiger partial charge in [-0.1, -0.05) is 12.8 Å². The van der Waals surface area contributed by atoms with Crippen LogP contribution in [0.2, 0.25) is 0 Å². The molecular formula is C28H39N3O2. The van der Waals surface area contributed by atoms with Gasteiger partial charge in [0.1, 0.15) is 11.5 Å².